The number of carbonyl (C=O) groups is 1. The van der Waals surface area contributed by atoms with Crippen LogP contribution in [0.2, 0.25) is 0 Å². The average Bonchev–Trinajstić information content (AvgIpc) is 2.80. The highest BCUT2D eigenvalue weighted by atomic mass is 16.7. The zero-order valence-corrected chi connectivity index (χ0v) is 8.95. The lowest BCUT2D eigenvalue weighted by atomic mass is 10.1. The minimum Gasteiger partial charge on any atom is -0.450 e. The van der Waals surface area contributed by atoms with E-state index in [4.69, 9.17) is 14.2 Å². The summed E-state index contributed by atoms with van der Waals surface area (Å²) < 4.78 is 16.0. The molecule has 1 spiro atoms. The third kappa shape index (κ3) is 2.08. The summed E-state index contributed by atoms with van der Waals surface area (Å²) in [7, 11) is 0. The van der Waals surface area contributed by atoms with E-state index >= 15 is 0 Å². The Bertz CT molecular complexity index is 232. The number of hydrogen-bond donors (Lipinski definition) is 1. The summed E-state index contributed by atoms with van der Waals surface area (Å²) in [5, 5.41) is 2.80. The molecule has 1 saturated heterocycles. The number of amides is 1. The van der Waals surface area contributed by atoms with Crippen LogP contribution in [0.4, 0.5) is 4.79 Å². The van der Waals surface area contributed by atoms with Crippen LogP contribution in [0, 0.1) is 0 Å². The van der Waals surface area contributed by atoms with Crippen LogP contribution in [-0.4, -0.2) is 37.7 Å². The molecular formula is C10H17NO4. The molecule has 2 aliphatic rings. The van der Waals surface area contributed by atoms with E-state index < -0.39 is 5.79 Å². The van der Waals surface area contributed by atoms with Gasteiger partial charge in [0.2, 0.25) is 0 Å². The second-order valence-electron chi connectivity index (χ2n) is 3.82. The van der Waals surface area contributed by atoms with E-state index in [1.165, 1.54) is 0 Å². The molecule has 1 saturated carbocycles. The van der Waals surface area contributed by atoms with E-state index in [1.54, 1.807) is 6.92 Å². The van der Waals surface area contributed by atoms with Crippen LogP contribution in [0.25, 0.3) is 0 Å². The fourth-order valence-electron chi connectivity index (χ4n) is 2.26. The zero-order valence-electron chi connectivity index (χ0n) is 8.95. The van der Waals surface area contributed by atoms with Crippen molar-refractivity contribution >= 4 is 6.09 Å². The van der Waals surface area contributed by atoms with Crippen LogP contribution < -0.4 is 5.32 Å². The van der Waals surface area contributed by atoms with Crippen molar-refractivity contribution in [2.45, 2.75) is 38.0 Å². The molecule has 5 nitrogen and oxygen atoms in total. The van der Waals surface area contributed by atoms with Crippen molar-refractivity contribution in [2.24, 2.45) is 0 Å². The van der Waals surface area contributed by atoms with E-state index in [-0.39, 0.29) is 12.1 Å². The minimum atomic E-state index is -0.577. The van der Waals surface area contributed by atoms with Gasteiger partial charge in [-0.1, -0.05) is 0 Å². The first kappa shape index (κ1) is 10.7. The molecule has 0 radical (unpaired) electrons. The third-order valence-corrected chi connectivity index (χ3v) is 2.89. The zero-order chi connectivity index (χ0) is 10.7. The molecule has 1 N–H and O–H groups in total. The van der Waals surface area contributed by atoms with Gasteiger partial charge in [-0.05, 0) is 19.8 Å². The maximum Gasteiger partial charge on any atom is 0.407 e. The summed E-state index contributed by atoms with van der Waals surface area (Å²) in [6.07, 6.45) is 2.36. The molecule has 1 atom stereocenters. The normalized spacial score (nSPS) is 28.2. The molecule has 0 aromatic heterocycles. The first-order valence-electron chi connectivity index (χ1n) is 5.48. The van der Waals surface area contributed by atoms with Crippen LogP contribution in [0.1, 0.15) is 26.2 Å². The number of nitrogens with one attached hydrogen (secondary N) is 1. The van der Waals surface area contributed by atoms with Crippen LogP contribution in [-0.2, 0) is 14.2 Å². The summed E-state index contributed by atoms with van der Waals surface area (Å²) in [6, 6.07) is -0.0703. The second-order valence-corrected chi connectivity index (χ2v) is 3.82. The Kier molecular flexibility index (Phi) is 3.11. The van der Waals surface area contributed by atoms with E-state index in [2.05, 4.69) is 5.32 Å². The summed E-state index contributed by atoms with van der Waals surface area (Å²) in [5.74, 6) is -0.577. The summed E-state index contributed by atoms with van der Waals surface area (Å²) >= 11 is 0. The Morgan fingerprint density at radius 3 is 2.93 bits per heavy atom. The molecule has 1 unspecified atom stereocenters. The lowest BCUT2D eigenvalue weighted by Crippen LogP contribution is -2.50. The van der Waals surface area contributed by atoms with Gasteiger partial charge in [-0.25, -0.2) is 4.79 Å². The van der Waals surface area contributed by atoms with E-state index in [1.807, 2.05) is 0 Å². The van der Waals surface area contributed by atoms with Crippen molar-refractivity contribution in [3.05, 3.63) is 0 Å². The maximum atomic E-state index is 11.3. The maximum absolute atomic E-state index is 11.3. The van der Waals surface area contributed by atoms with Crippen molar-refractivity contribution in [1.29, 1.82) is 0 Å². The SMILES string of the molecule is CCOC(=O)NC1CCCC12OCCO2. The highest BCUT2D eigenvalue weighted by molar-refractivity contribution is 5.67. The Hall–Kier alpha value is -0.810. The first-order valence-corrected chi connectivity index (χ1v) is 5.48. The number of carbonyl (C=O) groups excluding carboxylic acids is 1. The Balaban J connectivity index is 1.93. The number of rotatable bonds is 2. The monoisotopic (exact) mass is 215 g/mol. The molecule has 5 heteroatoms. The molecule has 0 aromatic carbocycles. The summed E-state index contributed by atoms with van der Waals surface area (Å²) in [5.41, 5.74) is 0. The average molecular weight is 215 g/mol. The highest BCUT2D eigenvalue weighted by Crippen LogP contribution is 2.37. The smallest absolute Gasteiger partial charge is 0.407 e. The quantitative estimate of drug-likeness (QED) is 0.747. The second kappa shape index (κ2) is 4.37. The Labute approximate surface area is 89.1 Å². The number of alkyl carbamates (subject to hydrolysis) is 1. The van der Waals surface area contributed by atoms with Crippen LogP contribution in [0.15, 0.2) is 0 Å². The lowest BCUT2D eigenvalue weighted by Gasteiger charge is -2.29. The summed E-state index contributed by atoms with van der Waals surface area (Å²) in [6.45, 7) is 3.39. The topological polar surface area (TPSA) is 56.8 Å². The van der Waals surface area contributed by atoms with Gasteiger partial charge in [0.05, 0.1) is 25.9 Å². The molecule has 1 aliphatic heterocycles. The Morgan fingerprint density at radius 2 is 2.27 bits per heavy atom. The van der Waals surface area contributed by atoms with Crippen LogP contribution in [0.3, 0.4) is 0 Å². The fraction of sp³-hybridized carbons (Fsp3) is 0.900. The molecule has 2 rings (SSSR count). The van der Waals surface area contributed by atoms with Crippen LogP contribution in [0.5, 0.6) is 0 Å². The standard InChI is InChI=1S/C10H17NO4/c1-2-13-9(12)11-8-4-3-5-10(8)14-6-7-15-10/h8H,2-7H2,1H3,(H,11,12). The molecule has 1 amide bonds. The van der Waals surface area contributed by atoms with Gasteiger partial charge in [-0.3, -0.25) is 0 Å². The van der Waals surface area contributed by atoms with Gasteiger partial charge in [0.1, 0.15) is 0 Å². The van der Waals surface area contributed by atoms with Crippen molar-refractivity contribution in [3.63, 3.8) is 0 Å². The van der Waals surface area contributed by atoms with E-state index in [0.29, 0.717) is 19.8 Å². The van der Waals surface area contributed by atoms with Gasteiger partial charge in [-0.2, -0.15) is 0 Å². The lowest BCUT2D eigenvalue weighted by molar-refractivity contribution is -0.165. The molecular weight excluding hydrogens is 198 g/mol. The van der Waals surface area contributed by atoms with E-state index in [9.17, 15) is 4.79 Å². The predicted molar refractivity (Wildman–Crippen MR) is 52.4 cm³/mol. The first-order chi connectivity index (χ1) is 7.27. The largest absolute Gasteiger partial charge is 0.450 e. The Morgan fingerprint density at radius 1 is 1.53 bits per heavy atom. The summed E-state index contributed by atoms with van der Waals surface area (Å²) in [4.78, 5) is 11.3. The highest BCUT2D eigenvalue weighted by Gasteiger charge is 2.48. The molecule has 15 heavy (non-hydrogen) atoms. The van der Waals surface area contributed by atoms with Crippen molar-refractivity contribution in [1.82, 2.24) is 5.32 Å². The number of hydrogen-bond acceptors (Lipinski definition) is 4. The van der Waals surface area contributed by atoms with Crippen molar-refractivity contribution in [3.8, 4) is 0 Å². The molecule has 0 aromatic rings. The van der Waals surface area contributed by atoms with Gasteiger partial charge >= 0.3 is 6.09 Å². The van der Waals surface area contributed by atoms with Gasteiger partial charge in [0.25, 0.3) is 0 Å². The molecule has 2 fully saturated rings. The molecule has 1 aliphatic carbocycles. The van der Waals surface area contributed by atoms with E-state index in [0.717, 1.165) is 19.3 Å². The predicted octanol–water partition coefficient (Wildman–Crippen LogP) is 1.03. The van der Waals surface area contributed by atoms with Gasteiger partial charge in [-0.15, -0.1) is 0 Å². The number of ether oxygens (including phenoxy) is 3. The third-order valence-electron chi connectivity index (χ3n) is 2.89. The molecule has 1 heterocycles. The van der Waals surface area contributed by atoms with Gasteiger partial charge < -0.3 is 19.5 Å². The van der Waals surface area contributed by atoms with Gasteiger partial charge in [0, 0.05) is 6.42 Å². The molecule has 0 bridgehead atoms. The molecule has 86 valence electrons. The van der Waals surface area contributed by atoms with Crippen molar-refractivity contribution in [2.75, 3.05) is 19.8 Å². The minimum absolute atomic E-state index is 0.0703. The fourth-order valence-corrected chi connectivity index (χ4v) is 2.26. The van der Waals surface area contributed by atoms with Crippen LogP contribution >= 0.6 is 0 Å². The van der Waals surface area contributed by atoms with Gasteiger partial charge in [0.15, 0.2) is 5.79 Å². The van der Waals surface area contributed by atoms with Crippen molar-refractivity contribution < 1.29 is 19.0 Å².